The first-order valence-corrected chi connectivity index (χ1v) is 6.09. The van der Waals surface area contributed by atoms with Crippen molar-refractivity contribution in [1.82, 2.24) is 10.3 Å². The molecule has 2 N–H and O–H groups in total. The number of anilines is 1. The Labute approximate surface area is 112 Å². The van der Waals surface area contributed by atoms with E-state index in [-0.39, 0.29) is 11.7 Å². The molecule has 0 unspecified atom stereocenters. The second-order valence-electron chi connectivity index (χ2n) is 4.33. The first-order valence-electron chi connectivity index (χ1n) is 6.09. The number of nitrogens with one attached hydrogen (secondary N) is 2. The third-order valence-corrected chi connectivity index (χ3v) is 2.70. The number of oxazole rings is 1. The lowest BCUT2D eigenvalue weighted by Gasteiger charge is -2.05. The predicted molar refractivity (Wildman–Crippen MR) is 73.1 cm³/mol. The maximum atomic E-state index is 12.0. The zero-order valence-electron chi connectivity index (χ0n) is 11.3. The Kier molecular flexibility index (Phi) is 3.97. The molecule has 1 aromatic heterocycles. The molecule has 1 heterocycles. The normalized spacial score (nSPS) is 10.5. The van der Waals surface area contributed by atoms with Crippen LogP contribution in [0.4, 0.5) is 5.69 Å². The van der Waals surface area contributed by atoms with E-state index in [2.05, 4.69) is 15.6 Å². The van der Waals surface area contributed by atoms with Gasteiger partial charge in [0.25, 0.3) is 5.91 Å². The predicted octanol–water partition coefficient (Wildman–Crippen LogP) is 2.26. The van der Waals surface area contributed by atoms with Crippen molar-refractivity contribution >= 4 is 11.6 Å². The fraction of sp³-hybridized carbons (Fsp3) is 0.286. The lowest BCUT2D eigenvalue weighted by molar-refractivity contribution is 0.0994. The number of carbonyl (C=O) groups is 1. The summed E-state index contributed by atoms with van der Waals surface area (Å²) in [5, 5.41) is 5.86. The van der Waals surface area contributed by atoms with Crippen molar-refractivity contribution in [1.29, 1.82) is 0 Å². The Morgan fingerprint density at radius 1 is 1.26 bits per heavy atom. The second kappa shape index (κ2) is 5.67. The highest BCUT2D eigenvalue weighted by Gasteiger charge is 2.15. The summed E-state index contributed by atoms with van der Waals surface area (Å²) in [7, 11) is 1.89. The van der Waals surface area contributed by atoms with E-state index >= 15 is 0 Å². The Morgan fingerprint density at radius 3 is 2.47 bits per heavy atom. The highest BCUT2D eigenvalue weighted by Crippen LogP contribution is 2.14. The van der Waals surface area contributed by atoms with Gasteiger partial charge in [-0.15, -0.1) is 0 Å². The van der Waals surface area contributed by atoms with Crippen molar-refractivity contribution in [2.75, 3.05) is 12.4 Å². The van der Waals surface area contributed by atoms with E-state index in [1.807, 2.05) is 31.3 Å². The molecule has 1 amide bonds. The summed E-state index contributed by atoms with van der Waals surface area (Å²) < 4.78 is 5.28. The molecule has 0 aliphatic carbocycles. The van der Waals surface area contributed by atoms with Crippen LogP contribution in [-0.2, 0) is 6.54 Å². The van der Waals surface area contributed by atoms with Crippen LogP contribution in [0.1, 0.15) is 27.7 Å². The molecular weight excluding hydrogens is 242 g/mol. The number of benzene rings is 1. The molecule has 0 fully saturated rings. The van der Waals surface area contributed by atoms with Crippen LogP contribution in [0.3, 0.4) is 0 Å². The Bertz CT molecular complexity index is 573. The molecule has 2 rings (SSSR count). The van der Waals surface area contributed by atoms with Crippen molar-refractivity contribution in [3.8, 4) is 0 Å². The van der Waals surface area contributed by atoms with Gasteiger partial charge >= 0.3 is 0 Å². The van der Waals surface area contributed by atoms with Crippen LogP contribution in [0.5, 0.6) is 0 Å². The molecule has 19 heavy (non-hydrogen) atoms. The zero-order valence-corrected chi connectivity index (χ0v) is 11.3. The van der Waals surface area contributed by atoms with Gasteiger partial charge in [-0.2, -0.15) is 0 Å². The van der Waals surface area contributed by atoms with Crippen LogP contribution in [0.15, 0.2) is 28.7 Å². The lowest BCUT2D eigenvalue weighted by Crippen LogP contribution is -2.12. The third-order valence-electron chi connectivity index (χ3n) is 2.70. The average molecular weight is 259 g/mol. The smallest absolute Gasteiger partial charge is 0.293 e. The van der Waals surface area contributed by atoms with E-state index in [1.165, 1.54) is 0 Å². The lowest BCUT2D eigenvalue weighted by atomic mass is 10.2. The molecule has 0 saturated carbocycles. The van der Waals surface area contributed by atoms with E-state index in [1.54, 1.807) is 13.8 Å². The van der Waals surface area contributed by atoms with E-state index in [0.29, 0.717) is 11.6 Å². The molecule has 0 saturated heterocycles. The molecule has 0 aliphatic heterocycles. The maximum absolute atomic E-state index is 12.0. The number of carbonyl (C=O) groups excluding carboxylic acids is 1. The van der Waals surface area contributed by atoms with E-state index < -0.39 is 0 Å². The van der Waals surface area contributed by atoms with Gasteiger partial charge in [0.05, 0.1) is 5.69 Å². The fourth-order valence-corrected chi connectivity index (χ4v) is 1.84. The Hall–Kier alpha value is -2.14. The number of nitrogens with zero attached hydrogens (tertiary/aromatic N) is 1. The molecule has 100 valence electrons. The summed E-state index contributed by atoms with van der Waals surface area (Å²) in [5.74, 6) is 0.475. The van der Waals surface area contributed by atoms with Crippen LogP contribution in [-0.4, -0.2) is 17.9 Å². The molecule has 5 heteroatoms. The average Bonchev–Trinajstić information content (AvgIpc) is 2.71. The second-order valence-corrected chi connectivity index (χ2v) is 4.33. The molecule has 5 nitrogen and oxygen atoms in total. The molecule has 0 atom stereocenters. The first-order chi connectivity index (χ1) is 9.10. The molecule has 2 aromatic rings. The first kappa shape index (κ1) is 13.3. The number of amides is 1. The minimum atomic E-state index is -0.278. The van der Waals surface area contributed by atoms with Crippen LogP contribution in [0.25, 0.3) is 0 Å². The maximum Gasteiger partial charge on any atom is 0.293 e. The van der Waals surface area contributed by atoms with Gasteiger partial charge in [0, 0.05) is 19.2 Å². The van der Waals surface area contributed by atoms with Gasteiger partial charge in [-0.05, 0) is 31.7 Å². The number of aryl methyl sites for hydroxylation is 2. The Morgan fingerprint density at radius 2 is 1.95 bits per heavy atom. The molecule has 0 spiro atoms. The van der Waals surface area contributed by atoms with Crippen molar-refractivity contribution in [2.24, 2.45) is 0 Å². The monoisotopic (exact) mass is 259 g/mol. The van der Waals surface area contributed by atoms with Crippen LogP contribution < -0.4 is 10.6 Å². The highest BCUT2D eigenvalue weighted by atomic mass is 16.4. The topological polar surface area (TPSA) is 67.2 Å². The van der Waals surface area contributed by atoms with Crippen molar-refractivity contribution in [3.05, 3.63) is 47.2 Å². The van der Waals surface area contributed by atoms with Gasteiger partial charge in [0.1, 0.15) is 0 Å². The third kappa shape index (κ3) is 3.20. The largest absolute Gasteiger partial charge is 0.436 e. The van der Waals surface area contributed by atoms with Crippen LogP contribution in [0, 0.1) is 13.8 Å². The quantitative estimate of drug-likeness (QED) is 0.883. The summed E-state index contributed by atoms with van der Waals surface area (Å²) in [6.45, 7) is 4.27. The van der Waals surface area contributed by atoms with E-state index in [0.717, 1.165) is 17.8 Å². The molecule has 1 aromatic carbocycles. The van der Waals surface area contributed by atoms with Gasteiger partial charge in [0.2, 0.25) is 5.76 Å². The summed E-state index contributed by atoms with van der Waals surface area (Å²) >= 11 is 0. The van der Waals surface area contributed by atoms with Gasteiger partial charge < -0.3 is 15.1 Å². The van der Waals surface area contributed by atoms with Gasteiger partial charge in [-0.25, -0.2) is 4.98 Å². The van der Waals surface area contributed by atoms with Gasteiger partial charge in [-0.1, -0.05) is 12.1 Å². The van der Waals surface area contributed by atoms with Crippen LogP contribution in [0.2, 0.25) is 0 Å². The van der Waals surface area contributed by atoms with E-state index in [9.17, 15) is 4.79 Å². The van der Waals surface area contributed by atoms with Crippen molar-refractivity contribution < 1.29 is 9.21 Å². The molecule has 0 radical (unpaired) electrons. The van der Waals surface area contributed by atoms with Crippen molar-refractivity contribution in [3.63, 3.8) is 0 Å². The van der Waals surface area contributed by atoms with Gasteiger partial charge in [0.15, 0.2) is 5.89 Å². The molecular formula is C14H17N3O2. The highest BCUT2D eigenvalue weighted by molar-refractivity contribution is 6.02. The zero-order chi connectivity index (χ0) is 13.8. The van der Waals surface area contributed by atoms with Gasteiger partial charge in [-0.3, -0.25) is 4.79 Å². The molecule has 0 aliphatic rings. The van der Waals surface area contributed by atoms with Crippen molar-refractivity contribution in [2.45, 2.75) is 20.4 Å². The Balaban J connectivity index is 2.08. The summed E-state index contributed by atoms with van der Waals surface area (Å²) in [4.78, 5) is 16.1. The molecule has 0 bridgehead atoms. The SMILES string of the molecule is CNCc1ccc(NC(=O)c2oc(C)nc2C)cc1. The standard InChI is InChI=1S/C14H17N3O2/c1-9-13(19-10(2)16-9)14(18)17-12-6-4-11(5-7-12)8-15-3/h4-7,15H,8H2,1-3H3,(H,17,18). The summed E-state index contributed by atoms with van der Waals surface area (Å²) in [6.07, 6.45) is 0. The number of hydrogen-bond donors (Lipinski definition) is 2. The number of hydrogen-bond acceptors (Lipinski definition) is 4. The van der Waals surface area contributed by atoms with E-state index in [4.69, 9.17) is 4.42 Å². The summed E-state index contributed by atoms with van der Waals surface area (Å²) in [5.41, 5.74) is 2.49. The minimum Gasteiger partial charge on any atom is -0.436 e. The number of rotatable bonds is 4. The van der Waals surface area contributed by atoms with Crippen LogP contribution >= 0.6 is 0 Å². The fourth-order valence-electron chi connectivity index (χ4n) is 1.84. The minimum absolute atomic E-state index is 0.261. The summed E-state index contributed by atoms with van der Waals surface area (Å²) in [6, 6.07) is 7.65. The number of aromatic nitrogens is 1.